The summed E-state index contributed by atoms with van der Waals surface area (Å²) < 4.78 is 203. The van der Waals surface area contributed by atoms with E-state index in [1.807, 2.05) is 0 Å². The molecule has 0 bridgehead atoms. The minimum absolute atomic E-state index is 0. The molecule has 4 amide bonds. The number of aliphatic hydroxyl groups excluding tert-OH is 13. The number of aliphatic hydroxyl groups is 13. The number of aliphatic carboxylic acids is 4. The van der Waals surface area contributed by atoms with E-state index in [-0.39, 0.29) is 118 Å². The maximum Gasteiger partial charge on any atom is 1.00 e. The number of carboxylic acid groups (broad SMARTS) is 4. The van der Waals surface area contributed by atoms with Crippen LogP contribution in [0.25, 0.3) is 0 Å². The molecule has 57 nitrogen and oxygen atoms in total. The molecule has 38 atom stereocenters. The number of carbonyl (C=O) groups is 8. The van der Waals surface area contributed by atoms with E-state index in [0.717, 1.165) is 34.8 Å². The Morgan fingerprint density at radius 1 is 0.355 bits per heavy atom. The van der Waals surface area contributed by atoms with Crippen LogP contribution in [0.1, 0.15) is 27.7 Å². The molecule has 24 N–H and O–H groups in total. The Kier molecular flexibility index (Phi) is 43.2. The Bertz CT molecular complexity index is 3900. The van der Waals surface area contributed by atoms with E-state index >= 15 is 0 Å². The SMILES string of the molecule is CO[C@H]1O[C@H](CO)C(O[C@@H]2OC(C(=O)O)[C@@H](O[C@H]3O[C@H](COS(=O)(=O)O)C(O[C@@H]4OC(C(=O)O)[C@@H](O[C@H]5O[C@H](CO)C(O[C@@H]6OC(C(=O)O)[C@@H](O[C@H]7O[C@H](COS(=O)(=O)O)C(O[C@@H]8OC(C(=O)O)=C[C@H](O)C8OS(=O)(=O)O)[C@H](O)[C@H]7NC(C)=O)[C@H](O)[C@H]6O)[C@H](O)[C@H]5NC(C)=O)[C@H](O)[C@H]4O)[C@H](O)[C@H]3NC(C)=O)[C@H](O)[C@H]2O)[C@H](O)[C@H]1NC(C)=O.[Na+].[Na+].[Na+].[Na+]. The molecule has 0 saturated carbocycles. The standard InChI is InChI=1S/C57H86N4O53S3.4Na/c1-11(64)58-21-25(69)36(17(7-62)100-50(21)96-5)104-54-32(76)29(73)41(44(111-54)48(83)84)109-52-23(60-13(3)66)27(71)38(19(102-52)9-97-115(87,88)89)106-56-34(78)31(75)40(43(113-56)47(81)82)108-51-22(59-12(2)65)26(70)37(18(8-63)101-51)105-55-33(77)30(74)42(45(112-55)49(85)86)110-53-24(61-14(4)67)28(72)39(20(103-53)10-98-116(90,91)92)107-57-35(114-117(93,94)95)15(68)6-16(99-57)46(79)80;;;;/h6,15,17-45,50-57,62-63,68-78H,7-10H2,1-5H3,(H,58,64)(H,59,65)(H,60,66)(H,61,67)(H,79,80)(H,81,82)(H,83,84)(H,85,86)(H,87,88,89)(H,90,91,92)(H,93,94,95);;;;/q;4*+1/t15-,17+,18+,19+,20+,21+,22+,23+,24+,25+,26+,27+,28+,29+,30+,31+,32+,33+,34+,35?,36?,37?,38?,39?,40-,41-,42-,43?,44?,45?,50-,51+,52+,53+,54+,55+,56+,57-;;;;/m0..../s1. The van der Waals surface area contributed by atoms with Gasteiger partial charge in [-0.2, -0.15) is 25.3 Å². The first-order valence-corrected chi connectivity index (χ1v) is 38.2. The summed E-state index contributed by atoms with van der Waals surface area (Å²) in [7, 11) is -15.7. The van der Waals surface area contributed by atoms with Crippen molar-refractivity contribution in [3.05, 3.63) is 11.8 Å². The third-order valence-electron chi connectivity index (χ3n) is 18.5. The normalized spacial score (nSPS) is 40.8. The number of ether oxygens (including phenoxy) is 16. The monoisotopic (exact) mass is 1860 g/mol. The maximum atomic E-state index is 13.2. The van der Waals surface area contributed by atoms with Gasteiger partial charge in [0, 0.05) is 34.8 Å². The predicted octanol–water partition coefficient (Wildman–Crippen LogP) is -28.2. The number of carboxylic acids is 4. The van der Waals surface area contributed by atoms with Crippen molar-refractivity contribution in [3.8, 4) is 0 Å². The number of methoxy groups -OCH3 is 1. The molecule has 0 aliphatic carbocycles. The summed E-state index contributed by atoms with van der Waals surface area (Å²) >= 11 is 0. The van der Waals surface area contributed by atoms with E-state index in [1.165, 1.54) is 0 Å². The molecule has 8 heterocycles. The Morgan fingerprint density at radius 3 is 0.876 bits per heavy atom. The molecule has 0 aromatic carbocycles. The molecule has 0 aromatic rings. The Labute approximate surface area is 770 Å². The largest absolute Gasteiger partial charge is 1.00 e. The zero-order valence-corrected chi connectivity index (χ0v) is 74.9. The summed E-state index contributed by atoms with van der Waals surface area (Å²) in [6.07, 6.45) is -81.9. The second-order valence-electron chi connectivity index (χ2n) is 26.8. The van der Waals surface area contributed by atoms with Crippen LogP contribution in [0.5, 0.6) is 0 Å². The van der Waals surface area contributed by atoms with Gasteiger partial charge in [-0.3, -0.25) is 32.8 Å². The number of amides is 4. The fourth-order valence-electron chi connectivity index (χ4n) is 13.4. The van der Waals surface area contributed by atoms with E-state index in [9.17, 15) is 164 Å². The fourth-order valence-corrected chi connectivity index (χ4v) is 14.5. The van der Waals surface area contributed by atoms with Gasteiger partial charge in [-0.25, -0.2) is 31.7 Å². The summed E-state index contributed by atoms with van der Waals surface area (Å²) in [6.45, 7) is -2.07. The quantitative estimate of drug-likeness (QED) is 0.0214. The van der Waals surface area contributed by atoms with Crippen molar-refractivity contribution in [3.63, 3.8) is 0 Å². The van der Waals surface area contributed by atoms with Crippen molar-refractivity contribution in [2.75, 3.05) is 33.5 Å². The van der Waals surface area contributed by atoms with Crippen LogP contribution >= 0.6 is 0 Å². The van der Waals surface area contributed by atoms with Gasteiger partial charge in [0.15, 0.2) is 68.4 Å². The van der Waals surface area contributed by atoms with Gasteiger partial charge in [-0.15, -0.1) is 0 Å². The van der Waals surface area contributed by atoms with Gasteiger partial charge in [0.25, 0.3) is 0 Å². The smallest absolute Gasteiger partial charge is 0.479 e. The van der Waals surface area contributed by atoms with Gasteiger partial charge in [0.05, 0.1) is 26.4 Å². The van der Waals surface area contributed by atoms with E-state index in [0.29, 0.717) is 6.08 Å². The molecular weight excluding hydrogens is 1780 g/mol. The van der Waals surface area contributed by atoms with Crippen molar-refractivity contribution >= 4 is 78.7 Å². The molecule has 8 rings (SSSR count). The number of carbonyl (C=O) groups excluding carboxylic acids is 4. The van der Waals surface area contributed by atoms with Crippen LogP contribution in [-0.2, 0) is 158 Å². The van der Waals surface area contributed by atoms with Crippen molar-refractivity contribution in [1.29, 1.82) is 0 Å². The molecule has 8 aliphatic heterocycles. The first-order valence-electron chi connectivity index (χ1n) is 34.1. The van der Waals surface area contributed by atoms with E-state index < -0.39 is 344 Å². The maximum absolute atomic E-state index is 13.2. The van der Waals surface area contributed by atoms with Crippen LogP contribution in [0, 0.1) is 0 Å². The Morgan fingerprint density at radius 2 is 0.620 bits per heavy atom. The van der Waals surface area contributed by atoms with Crippen molar-refractivity contribution in [2.24, 2.45) is 0 Å². The van der Waals surface area contributed by atoms with Gasteiger partial charge >= 0.3 is 173 Å². The third-order valence-corrected chi connectivity index (χ3v) is 19.9. The van der Waals surface area contributed by atoms with Crippen LogP contribution in [0.4, 0.5) is 0 Å². The van der Waals surface area contributed by atoms with Crippen molar-refractivity contribution in [1.82, 2.24) is 21.3 Å². The predicted molar refractivity (Wildman–Crippen MR) is 347 cm³/mol. The second-order valence-corrected chi connectivity index (χ2v) is 30.0. The van der Waals surface area contributed by atoms with Crippen LogP contribution < -0.4 is 139 Å². The average Bonchev–Trinajstić information content (AvgIpc) is 0.760. The summed E-state index contributed by atoms with van der Waals surface area (Å²) in [5.74, 6) is -13.7. The molecule has 121 heavy (non-hydrogen) atoms. The Balaban J connectivity index is 0.00000769. The summed E-state index contributed by atoms with van der Waals surface area (Å²) in [4.78, 5) is 102. The van der Waals surface area contributed by atoms with Crippen LogP contribution in [-0.4, -0.2) is 440 Å². The summed E-state index contributed by atoms with van der Waals surface area (Å²) in [5, 5.41) is 198. The van der Waals surface area contributed by atoms with Gasteiger partial charge < -0.3 is 184 Å². The zero-order valence-electron chi connectivity index (χ0n) is 64.5. The van der Waals surface area contributed by atoms with Crippen LogP contribution in [0.2, 0.25) is 0 Å². The summed E-state index contributed by atoms with van der Waals surface area (Å²) in [5.41, 5.74) is 0. The minimum atomic E-state index is -5.64. The molecule has 7 fully saturated rings. The molecule has 0 spiro atoms. The minimum Gasteiger partial charge on any atom is -0.479 e. The van der Waals surface area contributed by atoms with E-state index in [2.05, 4.69) is 33.8 Å². The number of nitrogens with one attached hydrogen (secondary N) is 4. The van der Waals surface area contributed by atoms with Crippen LogP contribution in [0.3, 0.4) is 0 Å². The van der Waals surface area contributed by atoms with Crippen molar-refractivity contribution < 1.29 is 371 Å². The van der Waals surface area contributed by atoms with Crippen LogP contribution in [0.15, 0.2) is 11.8 Å². The zero-order chi connectivity index (χ0) is 87.4. The Hall–Kier alpha value is -2.21. The van der Waals surface area contributed by atoms with E-state index in [4.69, 9.17) is 75.8 Å². The molecule has 8 aliphatic rings. The first kappa shape index (κ1) is 111. The van der Waals surface area contributed by atoms with Gasteiger partial charge in [0.1, 0.15) is 158 Å². The molecular formula is C57H86N4Na4O53S3+4. The number of hydrogen-bond acceptors (Lipinski definition) is 46. The van der Waals surface area contributed by atoms with E-state index in [1.54, 1.807) is 0 Å². The van der Waals surface area contributed by atoms with Crippen molar-refractivity contribution in [2.45, 2.75) is 261 Å². The third kappa shape index (κ3) is 28.2. The average molecular weight is 1860 g/mol. The van der Waals surface area contributed by atoms with Gasteiger partial charge in [0.2, 0.25) is 35.7 Å². The number of hydrogen-bond donors (Lipinski definition) is 24. The van der Waals surface area contributed by atoms with Gasteiger partial charge in [-0.05, 0) is 6.08 Å². The first-order chi connectivity index (χ1) is 54.4. The van der Waals surface area contributed by atoms with Gasteiger partial charge in [-0.1, -0.05) is 0 Å². The molecule has 64 heteroatoms. The molecule has 8 unspecified atom stereocenters. The second kappa shape index (κ2) is 47.1. The molecule has 7 saturated heterocycles. The molecule has 0 radical (unpaired) electrons. The fraction of sp³-hybridized carbons (Fsp3) is 0.825. The molecule has 0 aromatic heterocycles. The summed E-state index contributed by atoms with van der Waals surface area (Å²) in [6, 6.07) is -8.13. The molecule has 670 valence electrons. The number of rotatable bonds is 33. The topological polar surface area (TPSA) is 867 Å².